The largest absolute Gasteiger partial charge is 0.461 e. The fourth-order valence-corrected chi connectivity index (χ4v) is 1.88. The zero-order valence-electron chi connectivity index (χ0n) is 10.0. The molecule has 0 saturated carbocycles. The van der Waals surface area contributed by atoms with E-state index in [1.165, 1.54) is 0 Å². The molecule has 0 aliphatic rings. The van der Waals surface area contributed by atoms with Gasteiger partial charge in [0.2, 0.25) is 0 Å². The summed E-state index contributed by atoms with van der Waals surface area (Å²) in [6.07, 6.45) is 0.886. The van der Waals surface area contributed by atoms with Crippen LogP contribution >= 0.6 is 11.6 Å². The van der Waals surface area contributed by atoms with Crippen LogP contribution in [0.25, 0.3) is 11.3 Å². The normalized spacial score (nSPS) is 12.6. The lowest BCUT2D eigenvalue weighted by atomic mass is 10.2. The van der Waals surface area contributed by atoms with Gasteiger partial charge in [-0.1, -0.05) is 23.7 Å². The van der Waals surface area contributed by atoms with Gasteiger partial charge in [-0.2, -0.15) is 0 Å². The quantitative estimate of drug-likeness (QED) is 0.893. The second-order valence-corrected chi connectivity index (χ2v) is 4.61. The van der Waals surface area contributed by atoms with Crippen molar-refractivity contribution in [3.05, 3.63) is 47.2 Å². The Morgan fingerprint density at radius 1 is 1.29 bits per heavy atom. The summed E-state index contributed by atoms with van der Waals surface area (Å²) in [5.41, 5.74) is 1.01. The first-order valence-electron chi connectivity index (χ1n) is 5.71. The third-order valence-electron chi connectivity index (χ3n) is 2.77. The van der Waals surface area contributed by atoms with Crippen molar-refractivity contribution < 1.29 is 4.42 Å². The Kier molecular flexibility index (Phi) is 3.87. The van der Waals surface area contributed by atoms with Crippen molar-refractivity contribution in [2.45, 2.75) is 19.4 Å². The van der Waals surface area contributed by atoms with Gasteiger partial charge in [-0.25, -0.2) is 0 Å². The molecule has 0 saturated heterocycles. The summed E-state index contributed by atoms with van der Waals surface area (Å²) in [7, 11) is 1.95. The molecule has 0 amide bonds. The van der Waals surface area contributed by atoms with Gasteiger partial charge < -0.3 is 9.73 Å². The molecule has 90 valence electrons. The first kappa shape index (κ1) is 12.2. The molecule has 1 unspecified atom stereocenters. The molecule has 2 rings (SSSR count). The van der Waals surface area contributed by atoms with Crippen molar-refractivity contribution in [2.24, 2.45) is 0 Å². The lowest BCUT2D eigenvalue weighted by Crippen LogP contribution is -2.23. The van der Waals surface area contributed by atoms with Crippen LogP contribution in [0.15, 0.2) is 40.8 Å². The first-order chi connectivity index (χ1) is 8.19. The van der Waals surface area contributed by atoms with Crippen LogP contribution in [0.1, 0.15) is 12.7 Å². The Balaban J connectivity index is 2.18. The number of likely N-dealkylation sites (N-methyl/N-ethyl adjacent to an activating group) is 1. The summed E-state index contributed by atoms with van der Waals surface area (Å²) < 4.78 is 5.80. The number of halogens is 1. The van der Waals surface area contributed by atoms with Gasteiger partial charge in [-0.3, -0.25) is 0 Å². The van der Waals surface area contributed by atoms with E-state index in [2.05, 4.69) is 12.2 Å². The predicted octanol–water partition coefficient (Wildman–Crippen LogP) is 3.75. The van der Waals surface area contributed by atoms with Crippen LogP contribution in [0.4, 0.5) is 0 Å². The maximum Gasteiger partial charge on any atom is 0.134 e. The molecule has 1 aromatic carbocycles. The molecule has 0 radical (unpaired) electrons. The van der Waals surface area contributed by atoms with E-state index < -0.39 is 0 Å². The van der Waals surface area contributed by atoms with Crippen molar-refractivity contribution in [3.63, 3.8) is 0 Å². The van der Waals surface area contributed by atoms with Crippen LogP contribution < -0.4 is 5.32 Å². The molecule has 1 atom stereocenters. The van der Waals surface area contributed by atoms with Gasteiger partial charge in [0.15, 0.2) is 0 Å². The average Bonchev–Trinajstić information content (AvgIpc) is 2.77. The molecule has 0 aliphatic carbocycles. The monoisotopic (exact) mass is 249 g/mol. The van der Waals surface area contributed by atoms with E-state index in [0.717, 1.165) is 28.5 Å². The number of rotatable bonds is 4. The smallest absolute Gasteiger partial charge is 0.134 e. The molecular formula is C14H16ClNO. The molecule has 2 aromatic rings. The zero-order chi connectivity index (χ0) is 12.3. The fourth-order valence-electron chi connectivity index (χ4n) is 1.69. The molecule has 0 spiro atoms. The zero-order valence-corrected chi connectivity index (χ0v) is 10.8. The Morgan fingerprint density at radius 3 is 2.82 bits per heavy atom. The molecule has 0 aliphatic heterocycles. The first-order valence-corrected chi connectivity index (χ1v) is 6.09. The molecule has 3 heteroatoms. The maximum atomic E-state index is 5.96. The van der Waals surface area contributed by atoms with Crippen LogP contribution in [0, 0.1) is 0 Å². The predicted molar refractivity (Wildman–Crippen MR) is 71.4 cm³/mol. The molecule has 0 fully saturated rings. The van der Waals surface area contributed by atoms with E-state index in [1.807, 2.05) is 43.4 Å². The van der Waals surface area contributed by atoms with Crippen LogP contribution in [-0.2, 0) is 6.42 Å². The van der Waals surface area contributed by atoms with Gasteiger partial charge >= 0.3 is 0 Å². The summed E-state index contributed by atoms with van der Waals surface area (Å²) in [4.78, 5) is 0. The number of hydrogen-bond donors (Lipinski definition) is 1. The summed E-state index contributed by atoms with van der Waals surface area (Å²) in [5.74, 6) is 1.85. The van der Waals surface area contributed by atoms with Crippen LogP contribution in [0.2, 0.25) is 5.02 Å². The van der Waals surface area contributed by atoms with Crippen molar-refractivity contribution in [1.82, 2.24) is 5.32 Å². The topological polar surface area (TPSA) is 25.2 Å². The summed E-state index contributed by atoms with van der Waals surface area (Å²) >= 11 is 5.96. The molecule has 2 nitrogen and oxygen atoms in total. The van der Waals surface area contributed by atoms with Crippen LogP contribution in [-0.4, -0.2) is 13.1 Å². The van der Waals surface area contributed by atoms with Gasteiger partial charge in [-0.15, -0.1) is 0 Å². The minimum Gasteiger partial charge on any atom is -0.461 e. The summed E-state index contributed by atoms with van der Waals surface area (Å²) in [6, 6.07) is 12.1. The number of hydrogen-bond acceptors (Lipinski definition) is 2. The molecule has 17 heavy (non-hydrogen) atoms. The number of furan rings is 1. The number of nitrogens with one attached hydrogen (secondary N) is 1. The van der Waals surface area contributed by atoms with Crippen molar-refractivity contribution >= 4 is 11.6 Å². The molecule has 1 N–H and O–H groups in total. The maximum absolute atomic E-state index is 5.96. The molecule has 1 aromatic heterocycles. The number of benzene rings is 1. The second kappa shape index (κ2) is 5.39. The molecular weight excluding hydrogens is 234 g/mol. The van der Waals surface area contributed by atoms with E-state index in [4.69, 9.17) is 16.0 Å². The second-order valence-electron chi connectivity index (χ2n) is 4.17. The fraction of sp³-hybridized carbons (Fsp3) is 0.286. The molecule has 0 bridgehead atoms. The van der Waals surface area contributed by atoms with Crippen molar-refractivity contribution in [3.8, 4) is 11.3 Å². The van der Waals surface area contributed by atoms with E-state index in [0.29, 0.717) is 6.04 Å². The van der Waals surface area contributed by atoms with Crippen LogP contribution in [0.5, 0.6) is 0 Å². The van der Waals surface area contributed by atoms with Crippen LogP contribution in [0.3, 0.4) is 0 Å². The third kappa shape index (κ3) is 3.11. The summed E-state index contributed by atoms with van der Waals surface area (Å²) in [5, 5.41) is 3.92. The highest BCUT2D eigenvalue weighted by atomic mass is 35.5. The third-order valence-corrected chi connectivity index (χ3v) is 3.01. The van der Waals surface area contributed by atoms with E-state index in [9.17, 15) is 0 Å². The Hall–Kier alpha value is -1.25. The summed E-state index contributed by atoms with van der Waals surface area (Å²) in [6.45, 7) is 2.13. The lowest BCUT2D eigenvalue weighted by molar-refractivity contribution is 0.481. The Bertz CT molecular complexity index is 492. The van der Waals surface area contributed by atoms with Crippen molar-refractivity contribution in [2.75, 3.05) is 7.05 Å². The van der Waals surface area contributed by atoms with Gasteiger partial charge in [0.25, 0.3) is 0 Å². The Labute approximate surface area is 107 Å². The van der Waals surface area contributed by atoms with Gasteiger partial charge in [0, 0.05) is 23.0 Å². The lowest BCUT2D eigenvalue weighted by Gasteiger charge is -2.06. The average molecular weight is 250 g/mol. The van der Waals surface area contributed by atoms with Gasteiger partial charge in [0.05, 0.1) is 0 Å². The molecule has 1 heterocycles. The van der Waals surface area contributed by atoms with E-state index >= 15 is 0 Å². The highest BCUT2D eigenvalue weighted by Gasteiger charge is 2.07. The van der Waals surface area contributed by atoms with E-state index in [-0.39, 0.29) is 0 Å². The highest BCUT2D eigenvalue weighted by Crippen LogP contribution is 2.25. The minimum atomic E-state index is 0.411. The SMILES string of the molecule is CNC(C)Cc1ccc(-c2cccc(Cl)c2)o1. The highest BCUT2D eigenvalue weighted by molar-refractivity contribution is 6.30. The van der Waals surface area contributed by atoms with E-state index in [1.54, 1.807) is 0 Å². The van der Waals surface area contributed by atoms with Crippen molar-refractivity contribution in [1.29, 1.82) is 0 Å². The van der Waals surface area contributed by atoms with Gasteiger partial charge in [0.1, 0.15) is 11.5 Å². The minimum absolute atomic E-state index is 0.411. The standard InChI is InChI=1S/C14H16ClNO/c1-10(16-2)8-13-6-7-14(17-13)11-4-3-5-12(15)9-11/h3-7,9-10,16H,8H2,1-2H3. The Morgan fingerprint density at radius 2 is 2.12 bits per heavy atom. The van der Waals surface area contributed by atoms with Gasteiger partial charge in [-0.05, 0) is 38.2 Å².